The largest absolute Gasteiger partial charge is 0.377 e. The fraction of sp³-hybridized carbons (Fsp3) is 0.722. The lowest BCUT2D eigenvalue weighted by molar-refractivity contribution is -0.154. The van der Waals surface area contributed by atoms with Crippen molar-refractivity contribution in [2.45, 2.75) is 45.8 Å². The van der Waals surface area contributed by atoms with Crippen molar-refractivity contribution < 1.29 is 9.47 Å². The van der Waals surface area contributed by atoms with Crippen LogP contribution in [0, 0.1) is 12.3 Å². The third-order valence-corrected chi connectivity index (χ3v) is 5.10. The van der Waals surface area contributed by atoms with Crippen molar-refractivity contribution in [3.8, 4) is 0 Å². The maximum atomic E-state index is 6.10. The van der Waals surface area contributed by atoms with Crippen molar-refractivity contribution in [2.24, 2.45) is 5.41 Å². The van der Waals surface area contributed by atoms with Gasteiger partial charge < -0.3 is 14.4 Å². The first-order valence-corrected chi connectivity index (χ1v) is 8.56. The number of piperidine rings is 1. The predicted octanol–water partition coefficient (Wildman–Crippen LogP) is 2.80. The van der Waals surface area contributed by atoms with Gasteiger partial charge >= 0.3 is 0 Å². The Morgan fingerprint density at radius 1 is 1.45 bits per heavy atom. The van der Waals surface area contributed by atoms with Crippen LogP contribution in [0.25, 0.3) is 0 Å². The van der Waals surface area contributed by atoms with Crippen LogP contribution in [0.3, 0.4) is 0 Å². The Morgan fingerprint density at radius 2 is 2.36 bits per heavy atom. The van der Waals surface area contributed by atoms with E-state index in [9.17, 15) is 0 Å². The summed E-state index contributed by atoms with van der Waals surface area (Å²) in [5.41, 5.74) is 2.25. The van der Waals surface area contributed by atoms with Crippen LogP contribution in [0.4, 0.5) is 0 Å². The summed E-state index contributed by atoms with van der Waals surface area (Å²) in [6.45, 7) is 9.94. The molecule has 3 rings (SSSR count). The molecule has 0 radical (unpaired) electrons. The number of likely N-dealkylation sites (tertiary alicyclic amines) is 1. The zero-order valence-corrected chi connectivity index (χ0v) is 13.9. The van der Waals surface area contributed by atoms with E-state index in [4.69, 9.17) is 9.47 Å². The lowest BCUT2D eigenvalue weighted by Crippen LogP contribution is -2.56. The van der Waals surface area contributed by atoms with Gasteiger partial charge in [-0.1, -0.05) is 13.0 Å². The first-order chi connectivity index (χ1) is 10.7. The molecule has 1 aromatic rings. The first-order valence-electron chi connectivity index (χ1n) is 8.56. The van der Waals surface area contributed by atoms with Gasteiger partial charge in [-0.15, -0.1) is 0 Å². The zero-order chi connectivity index (χ0) is 15.4. The highest BCUT2D eigenvalue weighted by atomic mass is 16.5. The third kappa shape index (κ3) is 3.50. The van der Waals surface area contributed by atoms with E-state index in [1.54, 1.807) is 0 Å². The normalized spacial score (nSPS) is 29.3. The topological polar surface area (TPSA) is 34.6 Å². The summed E-state index contributed by atoms with van der Waals surface area (Å²) in [6.07, 6.45) is 3.88. The summed E-state index contributed by atoms with van der Waals surface area (Å²) in [5.74, 6) is 0. The van der Waals surface area contributed by atoms with Gasteiger partial charge in [-0.05, 0) is 44.9 Å². The van der Waals surface area contributed by atoms with Gasteiger partial charge in [0.25, 0.3) is 0 Å². The molecule has 0 unspecified atom stereocenters. The highest BCUT2D eigenvalue weighted by Gasteiger charge is 2.45. The summed E-state index contributed by atoms with van der Waals surface area (Å²) in [6, 6.07) is 6.11. The molecule has 0 aliphatic carbocycles. The number of fused-ring (bicyclic) bond motifs is 1. The third-order valence-electron chi connectivity index (χ3n) is 5.10. The average molecular weight is 304 g/mol. The number of aromatic nitrogens is 1. The van der Waals surface area contributed by atoms with Crippen LogP contribution in [0.1, 0.15) is 37.6 Å². The Kier molecular flexibility index (Phi) is 5.11. The maximum Gasteiger partial charge on any atom is 0.0888 e. The quantitative estimate of drug-likeness (QED) is 0.838. The van der Waals surface area contributed by atoms with Crippen LogP contribution in [-0.2, 0) is 16.1 Å². The van der Waals surface area contributed by atoms with E-state index in [0.29, 0.717) is 12.7 Å². The minimum absolute atomic E-state index is 0.177. The molecular weight excluding hydrogens is 276 g/mol. The molecule has 3 heterocycles. The Balaban J connectivity index is 1.62. The van der Waals surface area contributed by atoms with Gasteiger partial charge in [-0.2, -0.15) is 0 Å². The van der Waals surface area contributed by atoms with Crippen LogP contribution in [0.15, 0.2) is 18.2 Å². The van der Waals surface area contributed by atoms with E-state index in [2.05, 4.69) is 16.8 Å². The summed E-state index contributed by atoms with van der Waals surface area (Å²) in [4.78, 5) is 7.06. The molecule has 0 aromatic carbocycles. The predicted molar refractivity (Wildman–Crippen MR) is 86.8 cm³/mol. The van der Waals surface area contributed by atoms with E-state index >= 15 is 0 Å². The number of aryl methyl sites for hydroxylation is 1. The second-order valence-electron chi connectivity index (χ2n) is 6.75. The monoisotopic (exact) mass is 304 g/mol. The zero-order valence-electron chi connectivity index (χ0n) is 13.9. The van der Waals surface area contributed by atoms with Crippen molar-refractivity contribution in [1.29, 1.82) is 0 Å². The molecule has 4 heteroatoms. The van der Waals surface area contributed by atoms with Crippen molar-refractivity contribution >= 4 is 0 Å². The molecule has 122 valence electrons. The first kappa shape index (κ1) is 15.9. The van der Waals surface area contributed by atoms with E-state index in [0.717, 1.165) is 57.1 Å². The van der Waals surface area contributed by atoms with Crippen LogP contribution in [-0.4, -0.2) is 48.8 Å². The maximum absolute atomic E-state index is 6.10. The van der Waals surface area contributed by atoms with E-state index in [1.165, 1.54) is 6.42 Å². The summed E-state index contributed by atoms with van der Waals surface area (Å²) >= 11 is 0. The number of nitrogens with zero attached hydrogens (tertiary/aromatic N) is 2. The van der Waals surface area contributed by atoms with Crippen LogP contribution < -0.4 is 0 Å². The molecule has 0 spiro atoms. The van der Waals surface area contributed by atoms with Crippen molar-refractivity contribution in [3.63, 3.8) is 0 Å². The van der Waals surface area contributed by atoms with Crippen LogP contribution in [0.2, 0.25) is 0 Å². The van der Waals surface area contributed by atoms with Gasteiger partial charge in [0.2, 0.25) is 0 Å². The average Bonchev–Trinajstić information content (AvgIpc) is 2.54. The summed E-state index contributed by atoms with van der Waals surface area (Å²) in [7, 11) is 0. The Hall–Kier alpha value is -0.970. The number of hydrogen-bond donors (Lipinski definition) is 0. The van der Waals surface area contributed by atoms with Crippen molar-refractivity contribution in [1.82, 2.24) is 9.88 Å². The standard InChI is InChI=1S/C18H28N2O2/c1-3-20-10-8-17-18(13-20,9-5-11-22-17)14-21-12-16-7-4-6-15(2)19-16/h4,6-7,17H,3,5,8-14H2,1-2H3/t17-,18-/m0/s1. The van der Waals surface area contributed by atoms with E-state index < -0.39 is 0 Å². The molecule has 2 fully saturated rings. The molecule has 1 aromatic heterocycles. The van der Waals surface area contributed by atoms with Gasteiger partial charge in [0.15, 0.2) is 0 Å². The molecular formula is C18H28N2O2. The Bertz CT molecular complexity index is 494. The van der Waals surface area contributed by atoms with Gasteiger partial charge in [-0.25, -0.2) is 0 Å². The minimum Gasteiger partial charge on any atom is -0.377 e. The Morgan fingerprint density at radius 3 is 3.18 bits per heavy atom. The summed E-state index contributed by atoms with van der Waals surface area (Å²) < 4.78 is 12.2. The van der Waals surface area contributed by atoms with E-state index in [1.807, 2.05) is 25.1 Å². The molecule has 2 aliphatic heterocycles. The molecule has 0 saturated carbocycles. The van der Waals surface area contributed by atoms with Gasteiger partial charge in [0.05, 0.1) is 25.0 Å². The Labute approximate surface area is 133 Å². The van der Waals surface area contributed by atoms with Crippen molar-refractivity contribution in [3.05, 3.63) is 29.6 Å². The molecule has 2 aliphatic rings. The molecule has 4 nitrogen and oxygen atoms in total. The molecule has 0 amide bonds. The molecule has 2 saturated heterocycles. The van der Waals surface area contributed by atoms with Crippen LogP contribution >= 0.6 is 0 Å². The van der Waals surface area contributed by atoms with Crippen molar-refractivity contribution in [2.75, 3.05) is 32.8 Å². The SMILES string of the molecule is CCN1CC[C@@H]2OCCC[C@@]2(COCc2cccc(C)n2)C1. The fourth-order valence-corrected chi connectivity index (χ4v) is 3.90. The number of ether oxygens (including phenoxy) is 2. The minimum atomic E-state index is 0.177. The van der Waals surface area contributed by atoms with E-state index in [-0.39, 0.29) is 5.41 Å². The second-order valence-corrected chi connectivity index (χ2v) is 6.75. The van der Waals surface area contributed by atoms with Gasteiger partial charge in [0, 0.05) is 30.8 Å². The number of rotatable bonds is 5. The molecule has 22 heavy (non-hydrogen) atoms. The number of pyridine rings is 1. The molecule has 0 N–H and O–H groups in total. The highest BCUT2D eigenvalue weighted by Crippen LogP contribution is 2.40. The fourth-order valence-electron chi connectivity index (χ4n) is 3.90. The summed E-state index contributed by atoms with van der Waals surface area (Å²) in [5, 5.41) is 0. The lowest BCUT2D eigenvalue weighted by Gasteiger charge is -2.50. The van der Waals surface area contributed by atoms with Gasteiger partial charge in [-0.3, -0.25) is 4.98 Å². The van der Waals surface area contributed by atoms with Gasteiger partial charge in [0.1, 0.15) is 0 Å². The highest BCUT2D eigenvalue weighted by molar-refractivity contribution is 5.09. The number of hydrogen-bond acceptors (Lipinski definition) is 4. The lowest BCUT2D eigenvalue weighted by atomic mass is 9.73. The second kappa shape index (κ2) is 7.07. The molecule has 0 bridgehead atoms. The molecule has 2 atom stereocenters. The van der Waals surface area contributed by atoms with Crippen LogP contribution in [0.5, 0.6) is 0 Å². The smallest absolute Gasteiger partial charge is 0.0888 e.